The zero-order valence-corrected chi connectivity index (χ0v) is 13.6. The summed E-state index contributed by atoms with van der Waals surface area (Å²) in [4.78, 5) is 4.21. The fourth-order valence-electron chi connectivity index (χ4n) is 2.75. The Balaban J connectivity index is 1.98. The molecule has 3 nitrogen and oxygen atoms in total. The highest BCUT2D eigenvalue weighted by Gasteiger charge is 2.20. The summed E-state index contributed by atoms with van der Waals surface area (Å²) in [5, 5.41) is 14.0. The van der Waals surface area contributed by atoms with Crippen molar-refractivity contribution in [3.63, 3.8) is 0 Å². The Bertz CT molecular complexity index is 542. The first-order valence-electron chi connectivity index (χ1n) is 7.97. The van der Waals surface area contributed by atoms with Crippen LogP contribution in [0.2, 0.25) is 0 Å². The van der Waals surface area contributed by atoms with Crippen LogP contribution in [-0.2, 0) is 0 Å². The smallest absolute Gasteiger partial charge is 0.0804 e. The molecule has 0 bridgehead atoms. The Morgan fingerprint density at radius 3 is 2.27 bits per heavy atom. The Hall–Kier alpha value is -1.71. The molecule has 1 heterocycles. The summed E-state index contributed by atoms with van der Waals surface area (Å²) in [6.07, 6.45) is 3.96. The van der Waals surface area contributed by atoms with Crippen molar-refractivity contribution in [1.29, 1.82) is 0 Å². The minimum Gasteiger partial charge on any atom is -0.388 e. The molecule has 2 rings (SSSR count). The van der Waals surface area contributed by atoms with Crippen LogP contribution >= 0.6 is 0 Å². The molecule has 22 heavy (non-hydrogen) atoms. The molecule has 0 spiro atoms. The number of pyridine rings is 1. The summed E-state index contributed by atoms with van der Waals surface area (Å²) < 4.78 is 0. The molecule has 3 heteroatoms. The molecule has 0 radical (unpaired) electrons. The Kier molecular flexibility index (Phi) is 6.10. The van der Waals surface area contributed by atoms with E-state index in [4.69, 9.17) is 0 Å². The zero-order chi connectivity index (χ0) is 15.9. The van der Waals surface area contributed by atoms with Gasteiger partial charge in [0.05, 0.1) is 6.10 Å². The minimum absolute atomic E-state index is 0.211. The summed E-state index contributed by atoms with van der Waals surface area (Å²) >= 11 is 0. The van der Waals surface area contributed by atoms with E-state index in [0.29, 0.717) is 12.3 Å². The molecule has 2 N–H and O–H groups in total. The van der Waals surface area contributed by atoms with E-state index in [1.165, 1.54) is 5.56 Å². The SMILES string of the molecule is CC(CC(O)c1ccccc1)NC(c1cccnc1)C(C)C. The van der Waals surface area contributed by atoms with E-state index in [9.17, 15) is 5.11 Å². The first-order chi connectivity index (χ1) is 10.6. The average molecular weight is 298 g/mol. The van der Waals surface area contributed by atoms with E-state index in [0.717, 1.165) is 5.56 Å². The molecule has 1 aromatic carbocycles. The van der Waals surface area contributed by atoms with Gasteiger partial charge in [-0.1, -0.05) is 50.2 Å². The third kappa shape index (κ3) is 4.65. The van der Waals surface area contributed by atoms with Gasteiger partial charge in [-0.3, -0.25) is 4.98 Å². The zero-order valence-electron chi connectivity index (χ0n) is 13.6. The summed E-state index contributed by atoms with van der Waals surface area (Å²) in [6, 6.07) is 14.4. The lowest BCUT2D eigenvalue weighted by Crippen LogP contribution is -2.34. The molecule has 2 aromatic rings. The largest absolute Gasteiger partial charge is 0.388 e. The number of aliphatic hydroxyl groups excluding tert-OH is 1. The Morgan fingerprint density at radius 1 is 1.00 bits per heavy atom. The molecular formula is C19H26N2O. The Labute approximate surface area is 133 Å². The van der Waals surface area contributed by atoms with Crippen LogP contribution in [0.4, 0.5) is 0 Å². The average Bonchev–Trinajstić information content (AvgIpc) is 2.54. The van der Waals surface area contributed by atoms with E-state index < -0.39 is 6.10 Å². The minimum atomic E-state index is -0.439. The van der Waals surface area contributed by atoms with Crippen molar-refractivity contribution in [2.24, 2.45) is 5.92 Å². The molecule has 0 saturated heterocycles. The number of hydrogen-bond donors (Lipinski definition) is 2. The van der Waals surface area contributed by atoms with Crippen molar-refractivity contribution >= 4 is 0 Å². The number of nitrogens with zero attached hydrogens (tertiary/aromatic N) is 1. The highest BCUT2D eigenvalue weighted by atomic mass is 16.3. The number of aliphatic hydroxyl groups is 1. The van der Waals surface area contributed by atoms with Gasteiger partial charge in [-0.25, -0.2) is 0 Å². The molecule has 0 aliphatic carbocycles. The molecule has 0 amide bonds. The maximum Gasteiger partial charge on any atom is 0.0804 e. The fraction of sp³-hybridized carbons (Fsp3) is 0.421. The first-order valence-corrected chi connectivity index (χ1v) is 7.97. The van der Waals surface area contributed by atoms with Crippen molar-refractivity contribution in [2.75, 3.05) is 0 Å². The molecule has 118 valence electrons. The summed E-state index contributed by atoms with van der Waals surface area (Å²) in [6.45, 7) is 6.52. The predicted molar refractivity (Wildman–Crippen MR) is 90.4 cm³/mol. The predicted octanol–water partition coefficient (Wildman–Crippen LogP) is 3.88. The first kappa shape index (κ1) is 16.7. The maximum atomic E-state index is 10.4. The van der Waals surface area contributed by atoms with Crippen molar-refractivity contribution in [3.8, 4) is 0 Å². The molecule has 0 aliphatic rings. The number of hydrogen-bond acceptors (Lipinski definition) is 3. The summed E-state index contributed by atoms with van der Waals surface area (Å²) in [7, 11) is 0. The van der Waals surface area contributed by atoms with Crippen molar-refractivity contribution in [3.05, 3.63) is 66.0 Å². The van der Waals surface area contributed by atoms with Gasteiger partial charge in [-0.2, -0.15) is 0 Å². The van der Waals surface area contributed by atoms with Crippen LogP contribution in [-0.4, -0.2) is 16.1 Å². The number of benzene rings is 1. The van der Waals surface area contributed by atoms with E-state index >= 15 is 0 Å². The third-order valence-electron chi connectivity index (χ3n) is 3.94. The van der Waals surface area contributed by atoms with Crippen LogP contribution < -0.4 is 5.32 Å². The summed E-state index contributed by atoms with van der Waals surface area (Å²) in [5.74, 6) is 0.459. The maximum absolute atomic E-state index is 10.4. The van der Waals surface area contributed by atoms with E-state index in [-0.39, 0.29) is 12.1 Å². The Morgan fingerprint density at radius 2 is 1.68 bits per heavy atom. The van der Waals surface area contributed by atoms with Crippen LogP contribution in [0.5, 0.6) is 0 Å². The quantitative estimate of drug-likeness (QED) is 0.815. The molecule has 3 atom stereocenters. The third-order valence-corrected chi connectivity index (χ3v) is 3.94. The number of nitrogens with one attached hydrogen (secondary N) is 1. The van der Waals surface area contributed by atoms with Crippen LogP contribution in [0.15, 0.2) is 54.9 Å². The van der Waals surface area contributed by atoms with E-state index in [1.807, 2.05) is 42.6 Å². The van der Waals surface area contributed by atoms with Gasteiger partial charge in [-0.15, -0.1) is 0 Å². The molecule has 1 aromatic heterocycles. The van der Waals surface area contributed by atoms with Crippen LogP contribution in [0, 0.1) is 5.92 Å². The second-order valence-electron chi connectivity index (χ2n) is 6.24. The second-order valence-corrected chi connectivity index (χ2v) is 6.24. The van der Waals surface area contributed by atoms with Crippen LogP contribution in [0.3, 0.4) is 0 Å². The lowest BCUT2D eigenvalue weighted by Gasteiger charge is -2.28. The monoisotopic (exact) mass is 298 g/mol. The van der Waals surface area contributed by atoms with Crippen LogP contribution in [0.1, 0.15) is 50.5 Å². The van der Waals surface area contributed by atoms with Crippen molar-refractivity contribution < 1.29 is 5.11 Å². The highest BCUT2D eigenvalue weighted by Crippen LogP contribution is 2.24. The van der Waals surface area contributed by atoms with Gasteiger partial charge in [0.1, 0.15) is 0 Å². The normalized spacial score (nSPS) is 15.5. The van der Waals surface area contributed by atoms with Gasteiger partial charge < -0.3 is 10.4 Å². The van der Waals surface area contributed by atoms with Crippen LogP contribution in [0.25, 0.3) is 0 Å². The standard InChI is InChI=1S/C19H26N2O/c1-14(2)19(17-10-7-11-20-13-17)21-15(3)12-18(22)16-8-5-4-6-9-16/h4-11,13-15,18-19,21-22H,12H2,1-3H3. The molecule has 0 fully saturated rings. The second kappa shape index (κ2) is 8.06. The molecular weight excluding hydrogens is 272 g/mol. The lowest BCUT2D eigenvalue weighted by atomic mass is 9.95. The van der Waals surface area contributed by atoms with Gasteiger partial charge in [0.25, 0.3) is 0 Å². The van der Waals surface area contributed by atoms with Gasteiger partial charge in [0, 0.05) is 24.5 Å². The van der Waals surface area contributed by atoms with Crippen molar-refractivity contribution in [2.45, 2.75) is 45.4 Å². The van der Waals surface area contributed by atoms with Gasteiger partial charge >= 0.3 is 0 Å². The highest BCUT2D eigenvalue weighted by molar-refractivity contribution is 5.18. The van der Waals surface area contributed by atoms with Gasteiger partial charge in [0.15, 0.2) is 0 Å². The van der Waals surface area contributed by atoms with Gasteiger partial charge in [-0.05, 0) is 36.5 Å². The molecule has 3 unspecified atom stereocenters. The van der Waals surface area contributed by atoms with Gasteiger partial charge in [0.2, 0.25) is 0 Å². The fourth-order valence-corrected chi connectivity index (χ4v) is 2.75. The topological polar surface area (TPSA) is 45.1 Å². The van der Waals surface area contributed by atoms with E-state index in [2.05, 4.69) is 37.1 Å². The van der Waals surface area contributed by atoms with Crippen molar-refractivity contribution in [1.82, 2.24) is 10.3 Å². The summed E-state index contributed by atoms with van der Waals surface area (Å²) in [5.41, 5.74) is 2.16. The number of aromatic nitrogens is 1. The lowest BCUT2D eigenvalue weighted by molar-refractivity contribution is 0.149. The molecule has 0 saturated carbocycles. The molecule has 0 aliphatic heterocycles. The number of rotatable bonds is 7. The van der Waals surface area contributed by atoms with E-state index in [1.54, 1.807) is 6.20 Å².